The topological polar surface area (TPSA) is 57.8 Å². The molecule has 1 aliphatic carbocycles. The van der Waals surface area contributed by atoms with Gasteiger partial charge in [-0.05, 0) is 37.2 Å². The molecule has 0 atom stereocenters. The van der Waals surface area contributed by atoms with Crippen molar-refractivity contribution in [2.75, 3.05) is 0 Å². The second kappa shape index (κ2) is 7.56. The highest BCUT2D eigenvalue weighted by atomic mass is 16.1. The Balaban J connectivity index is 1.39. The average Bonchev–Trinajstić information content (AvgIpc) is 3.20. The van der Waals surface area contributed by atoms with E-state index in [1.54, 1.807) is 6.20 Å². The van der Waals surface area contributed by atoms with Crippen molar-refractivity contribution < 1.29 is 4.79 Å². The smallest absolute Gasteiger partial charge is 0.255 e. The van der Waals surface area contributed by atoms with E-state index in [2.05, 4.69) is 45.8 Å². The van der Waals surface area contributed by atoms with E-state index < -0.39 is 0 Å². The molecule has 2 aromatic carbocycles. The molecular weight excluding hydrogens is 322 g/mol. The molecule has 1 aromatic heterocycles. The van der Waals surface area contributed by atoms with Crippen LogP contribution in [0.15, 0.2) is 66.9 Å². The molecule has 4 nitrogen and oxygen atoms in total. The fourth-order valence-electron chi connectivity index (χ4n) is 3.84. The highest BCUT2D eigenvalue weighted by Gasteiger charge is 2.25. The van der Waals surface area contributed by atoms with Crippen molar-refractivity contribution in [1.29, 1.82) is 0 Å². The lowest BCUT2D eigenvalue weighted by Gasteiger charge is -2.29. The molecule has 1 fully saturated rings. The second-order valence-corrected chi connectivity index (χ2v) is 6.96. The van der Waals surface area contributed by atoms with Gasteiger partial charge in [-0.15, -0.1) is 0 Å². The number of nitrogens with one attached hydrogen (secondary N) is 2. The summed E-state index contributed by atoms with van der Waals surface area (Å²) in [6, 6.07) is 20.8. The van der Waals surface area contributed by atoms with Crippen LogP contribution in [0.4, 0.5) is 0 Å². The van der Waals surface area contributed by atoms with Gasteiger partial charge in [0.25, 0.3) is 5.91 Å². The van der Waals surface area contributed by atoms with Gasteiger partial charge in [-0.2, -0.15) is 5.10 Å². The first-order valence-corrected chi connectivity index (χ1v) is 9.26. The molecule has 4 rings (SSSR count). The van der Waals surface area contributed by atoms with E-state index in [9.17, 15) is 4.79 Å². The van der Waals surface area contributed by atoms with Crippen molar-refractivity contribution in [3.05, 3.63) is 78.0 Å². The van der Waals surface area contributed by atoms with Gasteiger partial charge in [0, 0.05) is 11.6 Å². The number of rotatable bonds is 4. The standard InChI is InChI=1S/C22H23N3O/c26-22(20-15-23-25-21(20)18-9-5-2-6-10-18)24-19-13-11-17(12-14-19)16-7-3-1-4-8-16/h1-10,15,17,19H,11-14H2,(H,23,25)(H,24,26). The van der Waals surface area contributed by atoms with Gasteiger partial charge < -0.3 is 5.32 Å². The van der Waals surface area contributed by atoms with Gasteiger partial charge in [-0.25, -0.2) is 0 Å². The van der Waals surface area contributed by atoms with Crippen molar-refractivity contribution in [3.63, 3.8) is 0 Å². The third-order valence-electron chi connectivity index (χ3n) is 5.28. The molecule has 1 aliphatic rings. The van der Waals surface area contributed by atoms with Gasteiger partial charge in [0.15, 0.2) is 0 Å². The lowest BCUT2D eigenvalue weighted by atomic mass is 9.81. The van der Waals surface area contributed by atoms with Crippen molar-refractivity contribution in [3.8, 4) is 11.3 Å². The van der Waals surface area contributed by atoms with Crippen LogP contribution in [0, 0.1) is 0 Å². The molecule has 0 saturated heterocycles. The highest BCUT2D eigenvalue weighted by Crippen LogP contribution is 2.33. The maximum absolute atomic E-state index is 12.7. The van der Waals surface area contributed by atoms with Crippen LogP contribution in [0.25, 0.3) is 11.3 Å². The molecule has 1 heterocycles. The van der Waals surface area contributed by atoms with Crippen LogP contribution in [0.3, 0.4) is 0 Å². The number of aromatic nitrogens is 2. The Labute approximate surface area is 153 Å². The van der Waals surface area contributed by atoms with E-state index >= 15 is 0 Å². The number of hydrogen-bond acceptors (Lipinski definition) is 2. The Kier molecular flexibility index (Phi) is 4.82. The third kappa shape index (κ3) is 3.54. The number of aromatic amines is 1. The SMILES string of the molecule is O=C(NC1CCC(c2ccccc2)CC1)c1cn[nH]c1-c1ccccc1. The zero-order valence-electron chi connectivity index (χ0n) is 14.7. The summed E-state index contributed by atoms with van der Waals surface area (Å²) < 4.78 is 0. The van der Waals surface area contributed by atoms with Crippen LogP contribution in [-0.4, -0.2) is 22.1 Å². The number of nitrogens with zero attached hydrogens (tertiary/aromatic N) is 1. The first kappa shape index (κ1) is 16.6. The Morgan fingerprint density at radius 1 is 0.923 bits per heavy atom. The van der Waals surface area contributed by atoms with Gasteiger partial charge in [0.1, 0.15) is 0 Å². The molecule has 1 saturated carbocycles. The summed E-state index contributed by atoms with van der Waals surface area (Å²) in [5, 5.41) is 10.2. The predicted octanol–water partition coefficient (Wildman–Crippen LogP) is 4.53. The zero-order valence-corrected chi connectivity index (χ0v) is 14.7. The van der Waals surface area contributed by atoms with Crippen molar-refractivity contribution in [2.45, 2.75) is 37.6 Å². The minimum atomic E-state index is -0.0410. The largest absolute Gasteiger partial charge is 0.349 e. The second-order valence-electron chi connectivity index (χ2n) is 6.96. The van der Waals surface area contributed by atoms with Crippen LogP contribution in [-0.2, 0) is 0 Å². The van der Waals surface area contributed by atoms with Crippen LogP contribution < -0.4 is 5.32 Å². The summed E-state index contributed by atoms with van der Waals surface area (Å²) in [4.78, 5) is 12.7. The molecule has 0 spiro atoms. The highest BCUT2D eigenvalue weighted by molar-refractivity contribution is 5.99. The lowest BCUT2D eigenvalue weighted by molar-refractivity contribution is 0.0926. The maximum Gasteiger partial charge on any atom is 0.255 e. The monoisotopic (exact) mass is 345 g/mol. The minimum Gasteiger partial charge on any atom is -0.349 e. The quantitative estimate of drug-likeness (QED) is 0.730. The van der Waals surface area contributed by atoms with Crippen LogP contribution in [0.2, 0.25) is 0 Å². The molecule has 26 heavy (non-hydrogen) atoms. The summed E-state index contributed by atoms with van der Waals surface area (Å²) in [6.07, 6.45) is 5.89. The van der Waals surface area contributed by atoms with Gasteiger partial charge in [-0.1, -0.05) is 60.7 Å². The lowest BCUT2D eigenvalue weighted by Crippen LogP contribution is -2.37. The van der Waals surface area contributed by atoms with E-state index in [-0.39, 0.29) is 11.9 Å². The summed E-state index contributed by atoms with van der Waals surface area (Å²) >= 11 is 0. The molecule has 3 aromatic rings. The Bertz CT molecular complexity index is 849. The summed E-state index contributed by atoms with van der Waals surface area (Å²) in [5.74, 6) is 0.568. The number of carbonyl (C=O) groups excluding carboxylic acids is 1. The van der Waals surface area contributed by atoms with Crippen molar-refractivity contribution >= 4 is 5.91 Å². The van der Waals surface area contributed by atoms with Crippen molar-refractivity contribution in [2.24, 2.45) is 0 Å². The fourth-order valence-corrected chi connectivity index (χ4v) is 3.84. The predicted molar refractivity (Wildman–Crippen MR) is 103 cm³/mol. The van der Waals surface area contributed by atoms with E-state index in [4.69, 9.17) is 0 Å². The molecule has 132 valence electrons. The summed E-state index contributed by atoms with van der Waals surface area (Å²) in [5.41, 5.74) is 3.78. The molecule has 0 bridgehead atoms. The molecule has 4 heteroatoms. The Hall–Kier alpha value is -2.88. The van der Waals surface area contributed by atoms with E-state index in [0.29, 0.717) is 11.5 Å². The number of H-pyrrole nitrogens is 1. The van der Waals surface area contributed by atoms with E-state index in [1.807, 2.05) is 30.3 Å². The Morgan fingerprint density at radius 3 is 2.27 bits per heavy atom. The first-order chi connectivity index (χ1) is 12.8. The van der Waals surface area contributed by atoms with Gasteiger partial charge in [-0.3, -0.25) is 9.89 Å². The van der Waals surface area contributed by atoms with E-state index in [1.165, 1.54) is 5.56 Å². The van der Waals surface area contributed by atoms with Crippen LogP contribution in [0.1, 0.15) is 47.5 Å². The molecular formula is C22H23N3O. The average molecular weight is 345 g/mol. The summed E-state index contributed by atoms with van der Waals surface area (Å²) in [7, 11) is 0. The first-order valence-electron chi connectivity index (χ1n) is 9.26. The normalized spacial score (nSPS) is 19.8. The zero-order chi connectivity index (χ0) is 17.8. The van der Waals surface area contributed by atoms with Gasteiger partial charge >= 0.3 is 0 Å². The number of amides is 1. The van der Waals surface area contributed by atoms with Crippen LogP contribution >= 0.6 is 0 Å². The Morgan fingerprint density at radius 2 is 1.58 bits per heavy atom. The van der Waals surface area contributed by atoms with Gasteiger partial charge in [0.05, 0.1) is 17.5 Å². The number of benzene rings is 2. The summed E-state index contributed by atoms with van der Waals surface area (Å²) in [6.45, 7) is 0. The molecule has 0 aliphatic heterocycles. The number of hydrogen-bond donors (Lipinski definition) is 2. The number of carbonyl (C=O) groups is 1. The molecule has 0 radical (unpaired) electrons. The molecule has 2 N–H and O–H groups in total. The minimum absolute atomic E-state index is 0.0410. The van der Waals surface area contributed by atoms with Crippen LogP contribution in [0.5, 0.6) is 0 Å². The van der Waals surface area contributed by atoms with Gasteiger partial charge in [0.2, 0.25) is 0 Å². The molecule has 0 unspecified atom stereocenters. The maximum atomic E-state index is 12.7. The van der Waals surface area contributed by atoms with Crippen molar-refractivity contribution in [1.82, 2.24) is 15.5 Å². The fraction of sp³-hybridized carbons (Fsp3) is 0.273. The van der Waals surface area contributed by atoms with E-state index in [0.717, 1.165) is 36.9 Å². The third-order valence-corrected chi connectivity index (χ3v) is 5.28. The molecule has 1 amide bonds.